The van der Waals surface area contributed by atoms with Crippen LogP contribution in [0.5, 0.6) is 0 Å². The number of hydrogen-bond donors (Lipinski definition) is 0. The summed E-state index contributed by atoms with van der Waals surface area (Å²) in [6.45, 7) is 2.59. The molecule has 10 heteroatoms. The predicted octanol–water partition coefficient (Wildman–Crippen LogP) is 6.89. The summed E-state index contributed by atoms with van der Waals surface area (Å²) in [7, 11) is 0. The van der Waals surface area contributed by atoms with Gasteiger partial charge in [-0.25, -0.2) is 4.39 Å². The fourth-order valence-corrected chi connectivity index (χ4v) is 5.73. The minimum atomic E-state index is -0.614. The van der Waals surface area contributed by atoms with Crippen molar-refractivity contribution in [2.45, 2.75) is 24.8 Å². The Kier molecular flexibility index (Phi) is 6.68. The van der Waals surface area contributed by atoms with E-state index in [0.717, 1.165) is 37.1 Å². The van der Waals surface area contributed by atoms with E-state index in [-0.39, 0.29) is 28.0 Å². The van der Waals surface area contributed by atoms with Gasteiger partial charge < -0.3 is 4.90 Å². The molecule has 0 N–H and O–H groups in total. The quantitative estimate of drug-likeness (QED) is 0.263. The highest BCUT2D eigenvalue weighted by atomic mass is 35.5. The monoisotopic (exact) mass is 547 g/mol. The van der Waals surface area contributed by atoms with Gasteiger partial charge in [0.2, 0.25) is 0 Å². The van der Waals surface area contributed by atoms with Crippen molar-refractivity contribution in [2.75, 3.05) is 24.5 Å². The van der Waals surface area contributed by atoms with Crippen LogP contribution in [0.2, 0.25) is 15.1 Å². The van der Waals surface area contributed by atoms with E-state index in [0.29, 0.717) is 28.8 Å². The van der Waals surface area contributed by atoms with Gasteiger partial charge in [0.1, 0.15) is 10.8 Å². The molecule has 3 aromatic rings. The molecule has 2 aliphatic heterocycles. The molecule has 186 valence electrons. The first-order valence-electron chi connectivity index (χ1n) is 11.4. The third-order valence-electron chi connectivity index (χ3n) is 7.12. The molecule has 0 aliphatic carbocycles. The van der Waals surface area contributed by atoms with Gasteiger partial charge in [0.05, 0.1) is 15.0 Å². The number of nitro groups is 1. The Morgan fingerprint density at radius 1 is 0.972 bits per heavy atom. The molecule has 0 bridgehead atoms. The van der Waals surface area contributed by atoms with Gasteiger partial charge in [-0.1, -0.05) is 40.9 Å². The molecule has 36 heavy (non-hydrogen) atoms. The number of likely N-dealkylation sites (tertiary alicyclic amines) is 1. The Hall–Kier alpha value is -2.71. The average molecular weight is 549 g/mol. The number of rotatable bonds is 4. The molecule has 1 fully saturated rings. The van der Waals surface area contributed by atoms with Gasteiger partial charge in [-0.3, -0.25) is 19.8 Å². The SMILES string of the molecule is O=C(c1ccc(Cl)c([N+](=O)[O-])c1)N1CC2(CCN(Cc3ccc(Cl)c(Cl)c3)CC2)c2cc(F)ccc21. The van der Waals surface area contributed by atoms with Crippen LogP contribution in [0.4, 0.5) is 15.8 Å². The lowest BCUT2D eigenvalue weighted by molar-refractivity contribution is -0.384. The Balaban J connectivity index is 1.39. The minimum Gasteiger partial charge on any atom is -0.307 e. The van der Waals surface area contributed by atoms with Crippen LogP contribution in [-0.2, 0) is 12.0 Å². The van der Waals surface area contributed by atoms with Crippen molar-refractivity contribution in [3.63, 3.8) is 0 Å². The molecule has 0 atom stereocenters. The first kappa shape index (κ1) is 25.0. The van der Waals surface area contributed by atoms with Gasteiger partial charge >= 0.3 is 0 Å². The second-order valence-corrected chi connectivity index (χ2v) is 10.5. The Bertz CT molecular complexity index is 1380. The zero-order valence-electron chi connectivity index (χ0n) is 19.0. The Morgan fingerprint density at radius 3 is 2.39 bits per heavy atom. The van der Waals surface area contributed by atoms with Crippen LogP contribution < -0.4 is 4.90 Å². The maximum Gasteiger partial charge on any atom is 0.288 e. The smallest absolute Gasteiger partial charge is 0.288 e. The number of anilines is 1. The largest absolute Gasteiger partial charge is 0.307 e. The molecule has 6 nitrogen and oxygen atoms in total. The zero-order chi connectivity index (χ0) is 25.6. The van der Waals surface area contributed by atoms with E-state index in [1.165, 1.54) is 30.3 Å². The number of piperidine rings is 1. The molecule has 1 amide bonds. The second-order valence-electron chi connectivity index (χ2n) is 9.28. The number of hydrogen-bond acceptors (Lipinski definition) is 4. The van der Waals surface area contributed by atoms with Gasteiger partial charge in [-0.2, -0.15) is 0 Å². The van der Waals surface area contributed by atoms with E-state index in [9.17, 15) is 19.3 Å². The first-order chi connectivity index (χ1) is 17.2. The lowest BCUT2D eigenvalue weighted by Gasteiger charge is -2.40. The number of amides is 1. The van der Waals surface area contributed by atoms with Crippen LogP contribution in [0.1, 0.15) is 34.3 Å². The number of nitrogens with zero attached hydrogens (tertiary/aromatic N) is 3. The van der Waals surface area contributed by atoms with Crippen LogP contribution in [0, 0.1) is 15.9 Å². The summed E-state index contributed by atoms with van der Waals surface area (Å²) >= 11 is 18.1. The summed E-state index contributed by atoms with van der Waals surface area (Å²) in [5.74, 6) is -0.736. The van der Waals surface area contributed by atoms with E-state index in [1.807, 2.05) is 12.1 Å². The number of carbonyl (C=O) groups excluding carboxylic acids is 1. The Morgan fingerprint density at radius 2 is 1.69 bits per heavy atom. The Labute approximate surface area is 222 Å². The first-order valence-corrected chi connectivity index (χ1v) is 12.5. The molecule has 1 saturated heterocycles. The highest BCUT2D eigenvalue weighted by molar-refractivity contribution is 6.42. The number of benzene rings is 3. The lowest BCUT2D eigenvalue weighted by atomic mass is 9.74. The summed E-state index contributed by atoms with van der Waals surface area (Å²) in [6, 6.07) is 14.1. The lowest BCUT2D eigenvalue weighted by Crippen LogP contribution is -2.45. The van der Waals surface area contributed by atoms with Gasteiger partial charge in [-0.05, 0) is 79.5 Å². The maximum absolute atomic E-state index is 14.3. The van der Waals surface area contributed by atoms with Crippen molar-refractivity contribution in [3.8, 4) is 0 Å². The summed E-state index contributed by atoms with van der Waals surface area (Å²) < 4.78 is 14.3. The molecule has 0 saturated carbocycles. The standard InChI is InChI=1S/C26H21Cl3FN3O3/c27-20-4-1-16(11-22(20)29)14-31-9-7-26(8-10-31)15-32(23-6-3-18(30)13-19(23)26)25(34)17-2-5-21(28)24(12-17)33(35)36/h1-6,11-13H,7-10,14-15H2. The van der Waals surface area contributed by atoms with E-state index in [1.54, 1.807) is 17.0 Å². The van der Waals surface area contributed by atoms with Crippen LogP contribution in [0.15, 0.2) is 54.6 Å². The molecule has 0 aromatic heterocycles. The third-order valence-corrected chi connectivity index (χ3v) is 8.18. The predicted molar refractivity (Wildman–Crippen MR) is 139 cm³/mol. The van der Waals surface area contributed by atoms with Gasteiger partial charge in [0.15, 0.2) is 0 Å². The zero-order valence-corrected chi connectivity index (χ0v) is 21.3. The van der Waals surface area contributed by atoms with Crippen molar-refractivity contribution >= 4 is 52.1 Å². The van der Waals surface area contributed by atoms with E-state index < -0.39 is 10.3 Å². The molecular formula is C26H21Cl3FN3O3. The number of halogens is 4. The van der Waals surface area contributed by atoms with Gasteiger partial charge in [-0.15, -0.1) is 0 Å². The van der Waals surface area contributed by atoms with Crippen LogP contribution >= 0.6 is 34.8 Å². The molecule has 5 rings (SSSR count). The molecule has 3 aromatic carbocycles. The van der Waals surface area contributed by atoms with Gasteiger partial charge in [0, 0.05) is 35.8 Å². The molecule has 0 radical (unpaired) electrons. The fraction of sp³-hybridized carbons (Fsp3) is 0.269. The summed E-state index contributed by atoms with van der Waals surface area (Å²) in [6.07, 6.45) is 1.46. The van der Waals surface area contributed by atoms with Crippen molar-refractivity contribution in [1.29, 1.82) is 0 Å². The van der Waals surface area contributed by atoms with Crippen molar-refractivity contribution in [3.05, 3.63) is 102 Å². The average Bonchev–Trinajstić information content (AvgIpc) is 3.16. The molecule has 2 heterocycles. The molecule has 1 spiro atoms. The van der Waals surface area contributed by atoms with Gasteiger partial charge in [0.25, 0.3) is 11.6 Å². The molecule has 0 unspecified atom stereocenters. The highest BCUT2D eigenvalue weighted by Gasteiger charge is 2.46. The van der Waals surface area contributed by atoms with E-state index >= 15 is 0 Å². The van der Waals surface area contributed by atoms with Crippen molar-refractivity contribution < 1.29 is 14.1 Å². The summed E-state index contributed by atoms with van der Waals surface area (Å²) in [5, 5.41) is 12.3. The third kappa shape index (κ3) is 4.57. The number of nitro benzene ring substituents is 1. The maximum atomic E-state index is 14.3. The van der Waals surface area contributed by atoms with E-state index in [4.69, 9.17) is 34.8 Å². The van der Waals surface area contributed by atoms with Crippen molar-refractivity contribution in [1.82, 2.24) is 4.90 Å². The highest BCUT2D eigenvalue weighted by Crippen LogP contribution is 2.48. The van der Waals surface area contributed by atoms with Crippen LogP contribution in [-0.4, -0.2) is 35.4 Å². The van der Waals surface area contributed by atoms with Crippen LogP contribution in [0.3, 0.4) is 0 Å². The number of carbonyl (C=O) groups is 1. The van der Waals surface area contributed by atoms with Crippen molar-refractivity contribution in [2.24, 2.45) is 0 Å². The fourth-order valence-electron chi connectivity index (χ4n) is 5.23. The van der Waals surface area contributed by atoms with Crippen LogP contribution in [0.25, 0.3) is 0 Å². The topological polar surface area (TPSA) is 66.7 Å². The molecule has 2 aliphatic rings. The second kappa shape index (κ2) is 9.63. The molecular weight excluding hydrogens is 528 g/mol. The summed E-state index contributed by atoms with van der Waals surface area (Å²) in [5.41, 5.74) is 1.92. The van der Waals surface area contributed by atoms with E-state index in [2.05, 4.69) is 4.90 Å². The minimum absolute atomic E-state index is 0.0359. The number of fused-ring (bicyclic) bond motifs is 2. The summed E-state index contributed by atoms with van der Waals surface area (Å²) in [4.78, 5) is 28.1. The normalized spacial score (nSPS) is 16.8.